The quantitative estimate of drug-likeness (QED) is 0.846. The van der Waals surface area contributed by atoms with Gasteiger partial charge < -0.3 is 15.4 Å². The Morgan fingerprint density at radius 3 is 2.50 bits per heavy atom. The summed E-state index contributed by atoms with van der Waals surface area (Å²) in [4.78, 5) is 2.11. The summed E-state index contributed by atoms with van der Waals surface area (Å²) in [5, 5.41) is 0. The molecule has 0 heterocycles. The zero-order valence-electron chi connectivity index (χ0n) is 12.4. The summed E-state index contributed by atoms with van der Waals surface area (Å²) in [7, 11) is 2.02. The van der Waals surface area contributed by atoms with E-state index < -0.39 is 0 Å². The fraction of sp³-hybridized carbons (Fsp3) is 0.294. The third kappa shape index (κ3) is 3.44. The molecule has 3 heteroatoms. The second-order valence-corrected chi connectivity index (χ2v) is 5.07. The maximum atomic E-state index is 5.96. The summed E-state index contributed by atoms with van der Waals surface area (Å²) in [5.74, 6) is 0.919. The second-order valence-electron chi connectivity index (χ2n) is 5.07. The number of nitrogen functional groups attached to an aromatic ring is 1. The van der Waals surface area contributed by atoms with Gasteiger partial charge in [0, 0.05) is 7.05 Å². The highest BCUT2D eigenvalue weighted by molar-refractivity contribution is 5.66. The molecular formula is C17H22N2O. The van der Waals surface area contributed by atoms with Gasteiger partial charge in [-0.25, -0.2) is 0 Å². The van der Waals surface area contributed by atoms with Crippen LogP contribution in [0.15, 0.2) is 42.5 Å². The van der Waals surface area contributed by atoms with Gasteiger partial charge in [0.25, 0.3) is 0 Å². The fourth-order valence-electron chi connectivity index (χ4n) is 2.06. The van der Waals surface area contributed by atoms with Gasteiger partial charge in [-0.15, -0.1) is 0 Å². The number of nitrogens with two attached hydrogens (primary N) is 1. The summed E-state index contributed by atoms with van der Waals surface area (Å²) in [6.07, 6.45) is 0. The molecule has 0 aliphatic rings. The molecule has 106 valence electrons. The number of ether oxygens (including phenoxy) is 1. The molecule has 0 radical (unpaired) electrons. The van der Waals surface area contributed by atoms with Crippen LogP contribution in [0.5, 0.6) is 5.75 Å². The van der Waals surface area contributed by atoms with Crippen molar-refractivity contribution in [1.82, 2.24) is 0 Å². The Hall–Kier alpha value is -2.16. The third-order valence-electron chi connectivity index (χ3n) is 3.52. The number of rotatable bonds is 5. The average molecular weight is 270 g/mol. The Morgan fingerprint density at radius 1 is 1.05 bits per heavy atom. The van der Waals surface area contributed by atoms with Crippen molar-refractivity contribution < 1.29 is 4.74 Å². The molecule has 0 saturated carbocycles. The topological polar surface area (TPSA) is 38.5 Å². The number of aryl methyl sites for hydroxylation is 2. The van der Waals surface area contributed by atoms with E-state index in [0.29, 0.717) is 6.61 Å². The van der Waals surface area contributed by atoms with Crippen LogP contribution < -0.4 is 15.4 Å². The molecule has 0 bridgehead atoms. The molecule has 0 aliphatic carbocycles. The molecule has 3 nitrogen and oxygen atoms in total. The molecular weight excluding hydrogens is 248 g/mol. The van der Waals surface area contributed by atoms with Crippen LogP contribution in [-0.4, -0.2) is 20.2 Å². The number of hydrogen-bond acceptors (Lipinski definition) is 3. The summed E-state index contributed by atoms with van der Waals surface area (Å²) >= 11 is 0. The summed E-state index contributed by atoms with van der Waals surface area (Å²) < 4.78 is 5.79. The standard InChI is InChI=1S/C17H22N2O/c1-13-8-9-15(12-14(13)2)20-11-10-19(3)17-7-5-4-6-16(17)18/h4-9,12H,10-11,18H2,1-3H3. The van der Waals surface area contributed by atoms with E-state index in [4.69, 9.17) is 10.5 Å². The number of anilines is 2. The lowest BCUT2D eigenvalue weighted by Crippen LogP contribution is -2.24. The fourth-order valence-corrected chi connectivity index (χ4v) is 2.06. The lowest BCUT2D eigenvalue weighted by molar-refractivity contribution is 0.325. The number of para-hydroxylation sites is 2. The van der Waals surface area contributed by atoms with Crippen molar-refractivity contribution in [2.24, 2.45) is 0 Å². The molecule has 0 aromatic heterocycles. The van der Waals surface area contributed by atoms with Crippen molar-refractivity contribution >= 4 is 11.4 Å². The van der Waals surface area contributed by atoms with Gasteiger partial charge in [-0.05, 0) is 49.2 Å². The lowest BCUT2D eigenvalue weighted by Gasteiger charge is -2.21. The predicted molar refractivity (Wildman–Crippen MR) is 85.5 cm³/mol. The van der Waals surface area contributed by atoms with Crippen LogP contribution >= 0.6 is 0 Å². The molecule has 0 amide bonds. The summed E-state index contributed by atoms with van der Waals surface area (Å²) in [6.45, 7) is 5.62. The summed E-state index contributed by atoms with van der Waals surface area (Å²) in [5.41, 5.74) is 10.3. The van der Waals surface area contributed by atoms with E-state index in [9.17, 15) is 0 Å². The minimum Gasteiger partial charge on any atom is -0.492 e. The van der Waals surface area contributed by atoms with Gasteiger partial charge in [0.2, 0.25) is 0 Å². The first kappa shape index (κ1) is 14.3. The molecule has 0 aliphatic heterocycles. The maximum Gasteiger partial charge on any atom is 0.119 e. The minimum atomic E-state index is 0.632. The highest BCUT2D eigenvalue weighted by Crippen LogP contribution is 2.21. The first-order valence-electron chi connectivity index (χ1n) is 6.83. The van der Waals surface area contributed by atoms with E-state index in [1.54, 1.807) is 0 Å². The molecule has 0 fully saturated rings. The molecule has 0 saturated heterocycles. The monoisotopic (exact) mass is 270 g/mol. The van der Waals surface area contributed by atoms with Crippen LogP contribution in [0.3, 0.4) is 0 Å². The molecule has 2 aromatic carbocycles. The van der Waals surface area contributed by atoms with E-state index in [1.165, 1.54) is 11.1 Å². The molecule has 2 aromatic rings. The molecule has 20 heavy (non-hydrogen) atoms. The van der Waals surface area contributed by atoms with Gasteiger partial charge in [-0.3, -0.25) is 0 Å². The van der Waals surface area contributed by atoms with Crippen molar-refractivity contribution in [2.75, 3.05) is 30.8 Å². The van der Waals surface area contributed by atoms with Crippen LogP contribution in [0.4, 0.5) is 11.4 Å². The Kier molecular flexibility index (Phi) is 4.51. The first-order valence-corrected chi connectivity index (χ1v) is 6.83. The van der Waals surface area contributed by atoms with Gasteiger partial charge in [-0.1, -0.05) is 18.2 Å². The van der Waals surface area contributed by atoms with Crippen molar-refractivity contribution in [2.45, 2.75) is 13.8 Å². The van der Waals surface area contributed by atoms with Crippen molar-refractivity contribution in [1.29, 1.82) is 0 Å². The van der Waals surface area contributed by atoms with Crippen LogP contribution in [0.1, 0.15) is 11.1 Å². The van der Waals surface area contributed by atoms with Crippen molar-refractivity contribution in [3.8, 4) is 5.75 Å². The molecule has 0 unspecified atom stereocenters. The zero-order valence-corrected chi connectivity index (χ0v) is 12.4. The zero-order chi connectivity index (χ0) is 14.5. The van der Waals surface area contributed by atoms with E-state index >= 15 is 0 Å². The summed E-state index contributed by atoms with van der Waals surface area (Å²) in [6, 6.07) is 14.0. The van der Waals surface area contributed by atoms with E-state index in [-0.39, 0.29) is 0 Å². The number of hydrogen-bond donors (Lipinski definition) is 1. The van der Waals surface area contributed by atoms with Crippen LogP contribution in [0.2, 0.25) is 0 Å². The largest absolute Gasteiger partial charge is 0.492 e. The van der Waals surface area contributed by atoms with Gasteiger partial charge in [0.15, 0.2) is 0 Å². The molecule has 2 N–H and O–H groups in total. The second kappa shape index (κ2) is 6.33. The number of benzene rings is 2. The first-order chi connectivity index (χ1) is 9.58. The maximum absolute atomic E-state index is 5.96. The van der Waals surface area contributed by atoms with Crippen LogP contribution in [-0.2, 0) is 0 Å². The Labute approximate surface area is 121 Å². The normalized spacial score (nSPS) is 10.3. The van der Waals surface area contributed by atoms with Crippen molar-refractivity contribution in [3.63, 3.8) is 0 Å². The molecule has 0 atom stereocenters. The van der Waals surface area contributed by atoms with Crippen LogP contribution in [0, 0.1) is 13.8 Å². The van der Waals surface area contributed by atoms with Crippen LogP contribution in [0.25, 0.3) is 0 Å². The number of likely N-dealkylation sites (N-methyl/N-ethyl adjacent to an activating group) is 1. The molecule has 0 spiro atoms. The Morgan fingerprint density at radius 2 is 1.80 bits per heavy atom. The molecule has 2 rings (SSSR count). The minimum absolute atomic E-state index is 0.632. The highest BCUT2D eigenvalue weighted by Gasteiger charge is 2.04. The Bertz CT molecular complexity index is 581. The highest BCUT2D eigenvalue weighted by atomic mass is 16.5. The van der Waals surface area contributed by atoms with E-state index in [0.717, 1.165) is 23.7 Å². The smallest absolute Gasteiger partial charge is 0.119 e. The van der Waals surface area contributed by atoms with Gasteiger partial charge in [0.1, 0.15) is 12.4 Å². The van der Waals surface area contributed by atoms with Crippen molar-refractivity contribution in [3.05, 3.63) is 53.6 Å². The lowest BCUT2D eigenvalue weighted by atomic mass is 10.1. The average Bonchev–Trinajstić information content (AvgIpc) is 2.43. The van der Waals surface area contributed by atoms with E-state index in [2.05, 4.69) is 30.9 Å². The predicted octanol–water partition coefficient (Wildman–Crippen LogP) is 3.40. The van der Waals surface area contributed by atoms with Gasteiger partial charge in [-0.2, -0.15) is 0 Å². The van der Waals surface area contributed by atoms with E-state index in [1.807, 2.05) is 37.4 Å². The Balaban J connectivity index is 1.89. The van der Waals surface area contributed by atoms with Gasteiger partial charge >= 0.3 is 0 Å². The SMILES string of the molecule is Cc1ccc(OCCN(C)c2ccccc2N)cc1C. The number of nitrogens with zero attached hydrogens (tertiary/aromatic N) is 1. The third-order valence-corrected chi connectivity index (χ3v) is 3.52. The van der Waals surface area contributed by atoms with Gasteiger partial charge in [0.05, 0.1) is 17.9 Å².